The molecule has 0 aliphatic heterocycles. The van der Waals surface area contributed by atoms with Crippen molar-refractivity contribution in [3.63, 3.8) is 0 Å². The first-order valence-electron chi connectivity index (χ1n) is 7.79. The summed E-state index contributed by atoms with van der Waals surface area (Å²) in [6.45, 7) is 2.84. The molecule has 1 aliphatic rings. The van der Waals surface area contributed by atoms with Gasteiger partial charge in [-0.05, 0) is 42.5 Å². The maximum Gasteiger partial charge on any atom is 0.240 e. The van der Waals surface area contributed by atoms with Gasteiger partial charge in [0.25, 0.3) is 0 Å². The lowest BCUT2D eigenvalue weighted by molar-refractivity contribution is 0.278. The second-order valence-electron chi connectivity index (χ2n) is 6.09. The van der Waals surface area contributed by atoms with Gasteiger partial charge in [-0.1, -0.05) is 32.6 Å². The van der Waals surface area contributed by atoms with Crippen molar-refractivity contribution in [3.8, 4) is 0 Å². The molecule has 1 fully saturated rings. The first-order valence-corrected chi connectivity index (χ1v) is 9.27. The quantitative estimate of drug-likeness (QED) is 0.848. The second kappa shape index (κ2) is 7.27. The molecule has 118 valence electrons. The zero-order valence-corrected chi connectivity index (χ0v) is 13.7. The fourth-order valence-electron chi connectivity index (χ4n) is 2.90. The Labute approximate surface area is 128 Å². The minimum Gasteiger partial charge on any atom is -0.388 e. The van der Waals surface area contributed by atoms with Gasteiger partial charge in [-0.3, -0.25) is 0 Å². The van der Waals surface area contributed by atoms with Gasteiger partial charge in [0.05, 0.1) is 4.90 Å². The van der Waals surface area contributed by atoms with Crippen molar-refractivity contribution >= 4 is 15.7 Å². The fraction of sp³-hybridized carbons (Fsp3) is 0.625. The Bertz CT molecular complexity index is 532. The molecule has 0 bridgehead atoms. The molecule has 1 aliphatic carbocycles. The summed E-state index contributed by atoms with van der Waals surface area (Å²) in [4.78, 5) is 0.332. The summed E-state index contributed by atoms with van der Waals surface area (Å²) in [6, 6.07) is 6.82. The molecule has 21 heavy (non-hydrogen) atoms. The van der Waals surface area contributed by atoms with Gasteiger partial charge in [0.15, 0.2) is 0 Å². The Morgan fingerprint density at radius 3 is 2.29 bits per heavy atom. The van der Waals surface area contributed by atoms with E-state index in [4.69, 9.17) is 0 Å². The Kier molecular flexibility index (Phi) is 5.65. The van der Waals surface area contributed by atoms with Crippen LogP contribution in [-0.2, 0) is 10.0 Å². The third kappa shape index (κ3) is 4.71. The fourth-order valence-corrected chi connectivity index (χ4v) is 3.95. The van der Waals surface area contributed by atoms with E-state index in [1.54, 1.807) is 24.3 Å². The lowest BCUT2D eigenvalue weighted by atomic mass is 9.81. The van der Waals surface area contributed by atoms with E-state index in [-0.39, 0.29) is 0 Å². The topological polar surface area (TPSA) is 58.2 Å². The SMILES string of the molecule is CNc1ccc(S(=O)(=O)NCCC2CCC(C)CC2)cc1. The van der Waals surface area contributed by atoms with Gasteiger partial charge >= 0.3 is 0 Å². The van der Waals surface area contributed by atoms with Crippen LogP contribution >= 0.6 is 0 Å². The maximum atomic E-state index is 12.2. The summed E-state index contributed by atoms with van der Waals surface area (Å²) in [5.74, 6) is 1.51. The van der Waals surface area contributed by atoms with Gasteiger partial charge in [0.2, 0.25) is 10.0 Å². The number of nitrogens with one attached hydrogen (secondary N) is 2. The minimum atomic E-state index is -3.37. The molecule has 2 N–H and O–H groups in total. The molecule has 0 aromatic heterocycles. The highest BCUT2D eigenvalue weighted by Crippen LogP contribution is 2.30. The number of hydrogen-bond acceptors (Lipinski definition) is 3. The maximum absolute atomic E-state index is 12.2. The van der Waals surface area contributed by atoms with E-state index in [9.17, 15) is 8.42 Å². The van der Waals surface area contributed by atoms with E-state index < -0.39 is 10.0 Å². The van der Waals surface area contributed by atoms with Crippen molar-refractivity contribution in [1.29, 1.82) is 0 Å². The molecule has 5 heteroatoms. The van der Waals surface area contributed by atoms with Crippen molar-refractivity contribution in [2.24, 2.45) is 11.8 Å². The number of rotatable bonds is 6. The number of hydrogen-bond donors (Lipinski definition) is 2. The second-order valence-corrected chi connectivity index (χ2v) is 7.85. The van der Waals surface area contributed by atoms with Gasteiger partial charge in [0.1, 0.15) is 0 Å². The van der Waals surface area contributed by atoms with E-state index in [2.05, 4.69) is 17.0 Å². The van der Waals surface area contributed by atoms with Crippen molar-refractivity contribution in [3.05, 3.63) is 24.3 Å². The molecular weight excluding hydrogens is 284 g/mol. The van der Waals surface area contributed by atoms with Gasteiger partial charge in [-0.25, -0.2) is 13.1 Å². The Morgan fingerprint density at radius 2 is 1.71 bits per heavy atom. The first-order chi connectivity index (χ1) is 10.0. The van der Waals surface area contributed by atoms with Crippen LogP contribution < -0.4 is 10.0 Å². The Balaban J connectivity index is 1.83. The average Bonchev–Trinajstić information content (AvgIpc) is 2.49. The number of sulfonamides is 1. The predicted molar refractivity (Wildman–Crippen MR) is 86.9 cm³/mol. The van der Waals surface area contributed by atoms with Gasteiger partial charge < -0.3 is 5.32 Å². The minimum absolute atomic E-state index is 0.332. The zero-order valence-electron chi connectivity index (χ0n) is 12.9. The van der Waals surface area contributed by atoms with Crippen LogP contribution in [0.1, 0.15) is 39.0 Å². The molecule has 1 aromatic carbocycles. The van der Waals surface area contributed by atoms with E-state index in [1.165, 1.54) is 25.7 Å². The average molecular weight is 310 g/mol. The third-order valence-corrected chi connectivity index (χ3v) is 5.91. The molecule has 0 saturated heterocycles. The molecular formula is C16H26N2O2S. The van der Waals surface area contributed by atoms with Crippen LogP contribution in [0, 0.1) is 11.8 Å². The highest BCUT2D eigenvalue weighted by Gasteiger charge is 2.19. The molecule has 0 atom stereocenters. The van der Waals surface area contributed by atoms with Crippen molar-refractivity contribution in [2.45, 2.75) is 43.9 Å². The highest BCUT2D eigenvalue weighted by atomic mass is 32.2. The molecule has 2 rings (SSSR count). The third-order valence-electron chi connectivity index (χ3n) is 4.43. The molecule has 0 heterocycles. The van der Waals surface area contributed by atoms with Crippen LogP contribution in [0.5, 0.6) is 0 Å². The summed E-state index contributed by atoms with van der Waals surface area (Å²) < 4.78 is 27.1. The molecule has 0 amide bonds. The lowest BCUT2D eigenvalue weighted by Crippen LogP contribution is -2.27. The molecule has 0 unspecified atom stereocenters. The monoisotopic (exact) mass is 310 g/mol. The largest absolute Gasteiger partial charge is 0.388 e. The van der Waals surface area contributed by atoms with Crippen LogP contribution in [0.3, 0.4) is 0 Å². The van der Waals surface area contributed by atoms with Gasteiger partial charge in [-0.2, -0.15) is 0 Å². The normalized spacial score (nSPS) is 23.0. The smallest absolute Gasteiger partial charge is 0.240 e. The van der Waals surface area contributed by atoms with Gasteiger partial charge in [-0.15, -0.1) is 0 Å². The predicted octanol–water partition coefficient (Wildman–Crippen LogP) is 3.22. The highest BCUT2D eigenvalue weighted by molar-refractivity contribution is 7.89. The number of anilines is 1. The molecule has 4 nitrogen and oxygen atoms in total. The molecule has 0 radical (unpaired) electrons. The van der Waals surface area contributed by atoms with E-state index in [1.807, 2.05) is 7.05 Å². The van der Waals surface area contributed by atoms with Crippen molar-refractivity contribution in [1.82, 2.24) is 4.72 Å². The molecule has 1 aromatic rings. The van der Waals surface area contributed by atoms with E-state index in [0.29, 0.717) is 17.4 Å². The summed E-state index contributed by atoms with van der Waals surface area (Å²) in [7, 11) is -1.56. The first kappa shape index (κ1) is 16.3. The standard InChI is InChI=1S/C16H26N2O2S/c1-13-3-5-14(6-4-13)11-12-18-21(19,20)16-9-7-15(17-2)8-10-16/h7-10,13-14,17-18H,3-6,11-12H2,1-2H3. The van der Waals surface area contributed by atoms with Gasteiger partial charge in [0, 0.05) is 19.3 Å². The number of benzene rings is 1. The van der Waals surface area contributed by atoms with E-state index in [0.717, 1.165) is 18.0 Å². The van der Waals surface area contributed by atoms with E-state index >= 15 is 0 Å². The summed E-state index contributed by atoms with van der Waals surface area (Å²) in [6.07, 6.45) is 5.98. The lowest BCUT2D eigenvalue weighted by Gasteiger charge is -2.26. The Hall–Kier alpha value is -1.07. The Morgan fingerprint density at radius 1 is 1.10 bits per heavy atom. The van der Waals surface area contributed by atoms with Crippen LogP contribution in [0.25, 0.3) is 0 Å². The van der Waals surface area contributed by atoms with Crippen molar-refractivity contribution < 1.29 is 8.42 Å². The summed E-state index contributed by atoms with van der Waals surface area (Å²) >= 11 is 0. The van der Waals surface area contributed by atoms with Crippen LogP contribution in [0.4, 0.5) is 5.69 Å². The summed E-state index contributed by atoms with van der Waals surface area (Å²) in [5.41, 5.74) is 0.908. The van der Waals surface area contributed by atoms with Crippen LogP contribution in [0.15, 0.2) is 29.2 Å². The summed E-state index contributed by atoms with van der Waals surface area (Å²) in [5, 5.41) is 2.98. The zero-order chi connectivity index (χ0) is 15.3. The van der Waals surface area contributed by atoms with Crippen LogP contribution in [-0.4, -0.2) is 22.0 Å². The van der Waals surface area contributed by atoms with Crippen molar-refractivity contribution in [2.75, 3.05) is 18.9 Å². The van der Waals surface area contributed by atoms with Crippen LogP contribution in [0.2, 0.25) is 0 Å². The molecule has 1 saturated carbocycles. The molecule has 0 spiro atoms.